The Kier molecular flexibility index (Phi) is 4.50. The van der Waals surface area contributed by atoms with Gasteiger partial charge in [0.05, 0.1) is 11.5 Å². The van der Waals surface area contributed by atoms with Gasteiger partial charge in [0.25, 0.3) is 0 Å². The lowest BCUT2D eigenvalue weighted by atomic mass is 10.3. The zero-order valence-electron chi connectivity index (χ0n) is 11.6. The van der Waals surface area contributed by atoms with Gasteiger partial charge in [-0.2, -0.15) is 4.98 Å². The first-order chi connectivity index (χ1) is 10.2. The van der Waals surface area contributed by atoms with Crippen LogP contribution in [-0.2, 0) is 0 Å². The van der Waals surface area contributed by atoms with E-state index in [1.165, 1.54) is 13.4 Å². The zero-order valence-corrected chi connectivity index (χ0v) is 11.6. The molecule has 0 atom stereocenters. The summed E-state index contributed by atoms with van der Waals surface area (Å²) < 4.78 is 11.0. The van der Waals surface area contributed by atoms with Crippen molar-refractivity contribution < 1.29 is 14.4 Å². The predicted molar refractivity (Wildman–Crippen MR) is 75.9 cm³/mol. The molecule has 0 bridgehead atoms. The van der Waals surface area contributed by atoms with Gasteiger partial charge in [-0.25, -0.2) is 4.98 Å². The summed E-state index contributed by atoms with van der Waals surface area (Å²) in [6, 6.07) is 6.88. The van der Waals surface area contributed by atoms with Crippen LogP contribution in [0, 0.1) is 10.1 Å². The highest BCUT2D eigenvalue weighted by molar-refractivity contribution is 5.61. The molecule has 2 aromatic rings. The number of aromatic nitrogens is 2. The number of nitrogens with one attached hydrogen (secondary N) is 1. The maximum absolute atomic E-state index is 11.2. The van der Waals surface area contributed by atoms with Gasteiger partial charge in [0.2, 0.25) is 5.82 Å². The Morgan fingerprint density at radius 3 is 2.62 bits per heavy atom. The molecule has 0 aliphatic carbocycles. The number of hydrogen-bond donors (Lipinski definition) is 1. The van der Waals surface area contributed by atoms with Crippen LogP contribution in [0.15, 0.2) is 30.6 Å². The van der Waals surface area contributed by atoms with Crippen molar-refractivity contribution in [2.24, 2.45) is 0 Å². The molecule has 0 spiro atoms. The number of nitrogens with zero attached hydrogens (tertiary/aromatic N) is 3. The number of nitro groups is 1. The van der Waals surface area contributed by atoms with Crippen LogP contribution in [0.2, 0.25) is 0 Å². The van der Waals surface area contributed by atoms with Crippen molar-refractivity contribution in [3.63, 3.8) is 0 Å². The number of para-hydroxylation sites is 2. The highest BCUT2D eigenvalue weighted by Crippen LogP contribution is 2.37. The molecule has 0 saturated heterocycles. The minimum atomic E-state index is -0.593. The number of ether oxygens (including phenoxy) is 2. The molecule has 0 amide bonds. The molecule has 1 heterocycles. The van der Waals surface area contributed by atoms with Crippen molar-refractivity contribution in [3.05, 3.63) is 40.7 Å². The van der Waals surface area contributed by atoms with Gasteiger partial charge in [-0.05, 0) is 19.1 Å². The Bertz CT molecular complexity index is 648. The maximum atomic E-state index is 11.2. The van der Waals surface area contributed by atoms with Crippen LogP contribution >= 0.6 is 0 Å². The van der Waals surface area contributed by atoms with Crippen molar-refractivity contribution in [2.75, 3.05) is 19.0 Å². The second-order valence-electron chi connectivity index (χ2n) is 3.86. The van der Waals surface area contributed by atoms with E-state index in [9.17, 15) is 10.1 Å². The number of hydrogen-bond acceptors (Lipinski definition) is 7. The van der Waals surface area contributed by atoms with Crippen LogP contribution < -0.4 is 14.8 Å². The van der Waals surface area contributed by atoms with Gasteiger partial charge >= 0.3 is 11.6 Å². The first-order valence-electron chi connectivity index (χ1n) is 6.24. The van der Waals surface area contributed by atoms with Crippen LogP contribution in [0.1, 0.15) is 6.92 Å². The Labute approximate surface area is 120 Å². The summed E-state index contributed by atoms with van der Waals surface area (Å²) in [5.41, 5.74) is -0.327. The highest BCUT2D eigenvalue weighted by Gasteiger charge is 2.24. The molecule has 8 nitrogen and oxygen atoms in total. The third-order valence-corrected chi connectivity index (χ3v) is 2.56. The van der Waals surface area contributed by atoms with Gasteiger partial charge in [-0.1, -0.05) is 12.1 Å². The predicted octanol–water partition coefficient (Wildman–Crippen LogP) is 2.62. The number of benzene rings is 1. The van der Waals surface area contributed by atoms with E-state index in [0.717, 1.165) is 0 Å². The fourth-order valence-electron chi connectivity index (χ4n) is 1.70. The summed E-state index contributed by atoms with van der Waals surface area (Å²) in [7, 11) is 1.53. The Morgan fingerprint density at radius 1 is 1.29 bits per heavy atom. The number of rotatable bonds is 6. The molecule has 1 aromatic carbocycles. The van der Waals surface area contributed by atoms with Crippen molar-refractivity contribution >= 4 is 11.5 Å². The summed E-state index contributed by atoms with van der Waals surface area (Å²) in [6.07, 6.45) is 1.19. The average Bonchev–Trinajstić information content (AvgIpc) is 2.49. The minimum absolute atomic E-state index is 0.0823. The van der Waals surface area contributed by atoms with Crippen LogP contribution in [0.3, 0.4) is 0 Å². The molecule has 0 saturated carbocycles. The highest BCUT2D eigenvalue weighted by atomic mass is 16.6. The van der Waals surface area contributed by atoms with Gasteiger partial charge in [0.15, 0.2) is 11.5 Å². The molecule has 0 fully saturated rings. The molecule has 0 radical (unpaired) electrons. The van der Waals surface area contributed by atoms with Crippen molar-refractivity contribution in [1.29, 1.82) is 0 Å². The summed E-state index contributed by atoms with van der Waals surface area (Å²) in [5, 5.41) is 13.8. The van der Waals surface area contributed by atoms with Crippen LogP contribution in [-0.4, -0.2) is 28.5 Å². The molecule has 8 heteroatoms. The smallest absolute Gasteiger partial charge is 0.373 e. The van der Waals surface area contributed by atoms with E-state index in [0.29, 0.717) is 18.1 Å². The van der Waals surface area contributed by atoms with E-state index in [1.807, 2.05) is 6.92 Å². The molecule has 110 valence electrons. The molecular weight excluding hydrogens is 276 g/mol. The van der Waals surface area contributed by atoms with E-state index < -0.39 is 4.92 Å². The van der Waals surface area contributed by atoms with Gasteiger partial charge in [0.1, 0.15) is 6.33 Å². The summed E-state index contributed by atoms with van der Waals surface area (Å²) >= 11 is 0. The SMILES string of the molecule is CCOc1ccccc1Oc1ncnc(NC)c1[N+](=O)[O-]. The molecular formula is C13H14N4O4. The molecule has 21 heavy (non-hydrogen) atoms. The third kappa shape index (κ3) is 3.16. The molecule has 0 aliphatic rings. The fraction of sp³-hybridized carbons (Fsp3) is 0.231. The van der Waals surface area contributed by atoms with Crippen LogP contribution in [0.4, 0.5) is 11.5 Å². The minimum Gasteiger partial charge on any atom is -0.490 e. The van der Waals surface area contributed by atoms with E-state index in [1.54, 1.807) is 24.3 Å². The molecule has 0 unspecified atom stereocenters. The third-order valence-electron chi connectivity index (χ3n) is 2.56. The molecule has 1 aromatic heterocycles. The van der Waals surface area contributed by atoms with Crippen molar-refractivity contribution in [3.8, 4) is 17.4 Å². The average molecular weight is 290 g/mol. The topological polar surface area (TPSA) is 99.4 Å². The molecule has 1 N–H and O–H groups in total. The first-order valence-corrected chi connectivity index (χ1v) is 6.24. The van der Waals surface area contributed by atoms with Gasteiger partial charge in [-0.15, -0.1) is 0 Å². The largest absolute Gasteiger partial charge is 0.490 e. The summed E-state index contributed by atoms with van der Waals surface area (Å²) in [5.74, 6) is 0.771. The standard InChI is InChI=1S/C13H14N4O4/c1-3-20-9-6-4-5-7-10(9)21-13-11(17(18)19)12(14-2)15-8-16-13/h4-8H,3H2,1-2H3,(H,14,15,16). The van der Waals surface area contributed by atoms with Crippen LogP contribution in [0.5, 0.6) is 17.4 Å². The lowest BCUT2D eigenvalue weighted by Crippen LogP contribution is -2.03. The lowest BCUT2D eigenvalue weighted by molar-refractivity contribution is -0.385. The maximum Gasteiger partial charge on any atom is 0.373 e. The van der Waals surface area contributed by atoms with Crippen LogP contribution in [0.25, 0.3) is 0 Å². The summed E-state index contributed by atoms with van der Waals surface area (Å²) in [6.45, 7) is 2.29. The fourth-order valence-corrected chi connectivity index (χ4v) is 1.70. The van der Waals surface area contributed by atoms with Gasteiger partial charge < -0.3 is 14.8 Å². The van der Waals surface area contributed by atoms with E-state index in [2.05, 4.69) is 15.3 Å². The summed E-state index contributed by atoms with van der Waals surface area (Å²) in [4.78, 5) is 18.2. The van der Waals surface area contributed by atoms with Crippen molar-refractivity contribution in [1.82, 2.24) is 9.97 Å². The number of anilines is 1. The Morgan fingerprint density at radius 2 is 2.00 bits per heavy atom. The van der Waals surface area contributed by atoms with Gasteiger partial charge in [0, 0.05) is 7.05 Å². The van der Waals surface area contributed by atoms with E-state index in [4.69, 9.17) is 9.47 Å². The second kappa shape index (κ2) is 6.51. The van der Waals surface area contributed by atoms with E-state index >= 15 is 0 Å². The Hall–Kier alpha value is -2.90. The van der Waals surface area contributed by atoms with Gasteiger partial charge in [-0.3, -0.25) is 10.1 Å². The zero-order chi connectivity index (χ0) is 15.2. The van der Waals surface area contributed by atoms with E-state index in [-0.39, 0.29) is 17.4 Å². The molecule has 0 aliphatic heterocycles. The lowest BCUT2D eigenvalue weighted by Gasteiger charge is -2.11. The van der Waals surface area contributed by atoms with Crippen molar-refractivity contribution in [2.45, 2.75) is 6.92 Å². The molecule has 2 rings (SSSR count). The normalized spacial score (nSPS) is 10.0. The Balaban J connectivity index is 2.42. The monoisotopic (exact) mass is 290 g/mol. The second-order valence-corrected chi connectivity index (χ2v) is 3.86. The quantitative estimate of drug-likeness (QED) is 0.644. The first kappa shape index (κ1) is 14.5.